The van der Waals surface area contributed by atoms with Gasteiger partial charge < -0.3 is 19.4 Å². The Labute approximate surface area is 107 Å². The van der Waals surface area contributed by atoms with E-state index in [4.69, 9.17) is 0 Å². The van der Waals surface area contributed by atoms with E-state index in [1.807, 2.05) is 21.0 Å². The molecule has 0 fully saturated rings. The largest absolute Gasteiger partial charge is 0.392 e. The Bertz CT molecular complexity index is 195. The summed E-state index contributed by atoms with van der Waals surface area (Å²) in [6, 6.07) is 0.256. The van der Waals surface area contributed by atoms with E-state index >= 15 is 0 Å². The van der Waals surface area contributed by atoms with Crippen LogP contribution in [0.15, 0.2) is 0 Å². The summed E-state index contributed by atoms with van der Waals surface area (Å²) in [6.45, 7) is 5.23. The van der Waals surface area contributed by atoms with Crippen LogP contribution in [0.25, 0.3) is 0 Å². The van der Waals surface area contributed by atoms with Crippen LogP contribution < -0.4 is 0 Å². The summed E-state index contributed by atoms with van der Waals surface area (Å²) in [5, 5.41) is 9.74. The number of likely N-dealkylation sites (N-methyl/N-ethyl adjacent to an activating group) is 3. The van der Waals surface area contributed by atoms with Crippen LogP contribution in [0.5, 0.6) is 0 Å². The third-order valence-corrected chi connectivity index (χ3v) is 3.40. The minimum absolute atomic E-state index is 0.256. The van der Waals surface area contributed by atoms with Crippen LogP contribution in [0, 0.1) is 0 Å². The zero-order valence-corrected chi connectivity index (χ0v) is 12.8. The molecule has 1 N–H and O–H groups in total. The first-order chi connectivity index (χ1) is 7.65. The molecule has 0 radical (unpaired) electrons. The van der Waals surface area contributed by atoms with Gasteiger partial charge in [-0.1, -0.05) is 0 Å². The fraction of sp³-hybridized carbons (Fsp3) is 1.00. The quantitative estimate of drug-likeness (QED) is 0.625. The summed E-state index contributed by atoms with van der Waals surface area (Å²) in [5.74, 6) is 0. The van der Waals surface area contributed by atoms with Crippen molar-refractivity contribution in [3.63, 3.8) is 0 Å². The van der Waals surface area contributed by atoms with Crippen molar-refractivity contribution in [3.05, 3.63) is 0 Å². The molecule has 0 aliphatic rings. The van der Waals surface area contributed by atoms with Crippen molar-refractivity contribution in [1.82, 2.24) is 9.80 Å². The molecule has 2 unspecified atom stereocenters. The Morgan fingerprint density at radius 1 is 1.06 bits per heavy atom. The fourth-order valence-corrected chi connectivity index (χ4v) is 2.00. The van der Waals surface area contributed by atoms with Gasteiger partial charge in [-0.15, -0.1) is 0 Å². The maximum absolute atomic E-state index is 9.74. The van der Waals surface area contributed by atoms with E-state index in [-0.39, 0.29) is 12.1 Å². The molecule has 0 bridgehead atoms. The number of hydrogen-bond donors (Lipinski definition) is 1. The molecule has 0 rings (SSSR count). The van der Waals surface area contributed by atoms with E-state index in [1.165, 1.54) is 0 Å². The van der Waals surface area contributed by atoms with Gasteiger partial charge in [0.05, 0.1) is 33.3 Å². The van der Waals surface area contributed by atoms with E-state index in [0.29, 0.717) is 0 Å². The number of aliphatic hydroxyl groups excluding tert-OH is 1. The first kappa shape index (κ1) is 16.8. The predicted molar refractivity (Wildman–Crippen MR) is 74.2 cm³/mol. The lowest BCUT2D eigenvalue weighted by Crippen LogP contribution is -2.48. The van der Waals surface area contributed by atoms with Crippen LogP contribution in [0.3, 0.4) is 0 Å². The number of hydrogen-bond acceptors (Lipinski definition) is 3. The standard InChI is InChI=1S/C13H32N3O/c1-12(17)13(15(4)5)8-10-16(6,7)11-9-14(2)3/h12-13,17H,8-11H2,1-7H3/q+1. The van der Waals surface area contributed by atoms with E-state index in [2.05, 4.69) is 38.0 Å². The molecule has 17 heavy (non-hydrogen) atoms. The molecule has 0 heterocycles. The highest BCUT2D eigenvalue weighted by atomic mass is 16.3. The molecule has 104 valence electrons. The Balaban J connectivity index is 4.13. The summed E-state index contributed by atoms with van der Waals surface area (Å²) in [7, 11) is 12.8. The lowest BCUT2D eigenvalue weighted by Gasteiger charge is -2.34. The average Bonchev–Trinajstić information content (AvgIpc) is 2.13. The molecular weight excluding hydrogens is 214 g/mol. The highest BCUT2D eigenvalue weighted by molar-refractivity contribution is 4.71. The second-order valence-corrected chi connectivity index (χ2v) is 6.25. The van der Waals surface area contributed by atoms with Gasteiger partial charge >= 0.3 is 0 Å². The van der Waals surface area contributed by atoms with Gasteiger partial charge in [0.25, 0.3) is 0 Å². The van der Waals surface area contributed by atoms with Gasteiger partial charge in [0, 0.05) is 19.0 Å². The predicted octanol–water partition coefficient (Wildman–Crippen LogP) is 0.326. The van der Waals surface area contributed by atoms with Crippen LogP contribution in [-0.4, -0.2) is 93.5 Å². The van der Waals surface area contributed by atoms with E-state index in [9.17, 15) is 5.11 Å². The molecule has 0 spiro atoms. The zero-order chi connectivity index (χ0) is 13.6. The third kappa shape index (κ3) is 7.71. The summed E-state index contributed by atoms with van der Waals surface area (Å²) in [5.41, 5.74) is 0. The number of quaternary nitrogens is 1. The Morgan fingerprint density at radius 3 is 1.94 bits per heavy atom. The molecule has 0 amide bonds. The summed E-state index contributed by atoms with van der Waals surface area (Å²) < 4.78 is 1.01. The van der Waals surface area contributed by atoms with Crippen LogP contribution in [0.1, 0.15) is 13.3 Å². The van der Waals surface area contributed by atoms with Gasteiger partial charge in [-0.2, -0.15) is 0 Å². The second-order valence-electron chi connectivity index (χ2n) is 6.25. The monoisotopic (exact) mass is 246 g/mol. The Kier molecular flexibility index (Phi) is 7.24. The Hall–Kier alpha value is -0.160. The Morgan fingerprint density at radius 2 is 1.59 bits per heavy atom. The molecule has 0 saturated heterocycles. The van der Waals surface area contributed by atoms with Crippen LogP contribution in [0.2, 0.25) is 0 Å². The molecule has 0 aliphatic carbocycles. The molecule has 0 aromatic heterocycles. The number of nitrogens with zero attached hydrogens (tertiary/aromatic N) is 3. The second kappa shape index (κ2) is 7.31. The van der Waals surface area contributed by atoms with Crippen molar-refractivity contribution in [2.24, 2.45) is 0 Å². The molecule has 4 nitrogen and oxygen atoms in total. The van der Waals surface area contributed by atoms with Crippen molar-refractivity contribution in [3.8, 4) is 0 Å². The number of aliphatic hydroxyl groups is 1. The minimum Gasteiger partial charge on any atom is -0.392 e. The molecule has 2 atom stereocenters. The summed E-state index contributed by atoms with van der Waals surface area (Å²) in [6.07, 6.45) is 0.768. The molecule has 0 saturated carbocycles. The first-order valence-corrected chi connectivity index (χ1v) is 6.47. The maximum Gasteiger partial charge on any atom is 0.0911 e. The molecule has 0 aliphatic heterocycles. The molecule has 0 aromatic carbocycles. The molecule has 4 heteroatoms. The normalized spacial score (nSPS) is 16.6. The average molecular weight is 246 g/mol. The zero-order valence-electron chi connectivity index (χ0n) is 12.8. The van der Waals surface area contributed by atoms with Gasteiger partial charge in [0.2, 0.25) is 0 Å². The highest BCUT2D eigenvalue weighted by Crippen LogP contribution is 2.09. The van der Waals surface area contributed by atoms with Gasteiger partial charge in [-0.25, -0.2) is 0 Å². The van der Waals surface area contributed by atoms with E-state index in [0.717, 1.165) is 30.5 Å². The maximum atomic E-state index is 9.74. The highest BCUT2D eigenvalue weighted by Gasteiger charge is 2.22. The van der Waals surface area contributed by atoms with Crippen LogP contribution in [0.4, 0.5) is 0 Å². The van der Waals surface area contributed by atoms with E-state index in [1.54, 1.807) is 0 Å². The van der Waals surface area contributed by atoms with Crippen molar-refractivity contribution >= 4 is 0 Å². The van der Waals surface area contributed by atoms with Gasteiger partial charge in [-0.3, -0.25) is 0 Å². The molecular formula is C13H32N3O+. The van der Waals surface area contributed by atoms with E-state index < -0.39 is 0 Å². The van der Waals surface area contributed by atoms with Gasteiger partial charge in [-0.05, 0) is 35.1 Å². The topological polar surface area (TPSA) is 26.7 Å². The first-order valence-electron chi connectivity index (χ1n) is 6.47. The van der Waals surface area contributed by atoms with Gasteiger partial charge in [0.1, 0.15) is 0 Å². The SMILES string of the molecule is CC(O)C(CC[N+](C)(C)CCN(C)C)N(C)C. The lowest BCUT2D eigenvalue weighted by atomic mass is 10.1. The van der Waals surface area contributed by atoms with Crippen molar-refractivity contribution in [2.75, 3.05) is 61.9 Å². The lowest BCUT2D eigenvalue weighted by molar-refractivity contribution is -0.890. The van der Waals surface area contributed by atoms with Crippen molar-refractivity contribution < 1.29 is 9.59 Å². The minimum atomic E-state index is -0.265. The smallest absolute Gasteiger partial charge is 0.0911 e. The van der Waals surface area contributed by atoms with Crippen molar-refractivity contribution in [1.29, 1.82) is 0 Å². The molecule has 0 aromatic rings. The summed E-state index contributed by atoms with van der Waals surface area (Å²) >= 11 is 0. The van der Waals surface area contributed by atoms with Crippen LogP contribution in [-0.2, 0) is 0 Å². The third-order valence-electron chi connectivity index (χ3n) is 3.40. The van der Waals surface area contributed by atoms with Crippen LogP contribution >= 0.6 is 0 Å². The summed E-state index contributed by atoms with van der Waals surface area (Å²) in [4.78, 5) is 4.34. The fourth-order valence-electron chi connectivity index (χ4n) is 2.00. The van der Waals surface area contributed by atoms with Crippen molar-refractivity contribution in [2.45, 2.75) is 25.5 Å². The number of rotatable bonds is 8. The van der Waals surface area contributed by atoms with Gasteiger partial charge in [0.15, 0.2) is 0 Å².